The Morgan fingerprint density at radius 1 is 1.04 bits per heavy atom. The highest BCUT2D eigenvalue weighted by atomic mass is 19.1. The number of hydrogen-bond donors (Lipinski definition) is 2. The number of rotatable bonds is 4. The van der Waals surface area contributed by atoms with Crippen molar-refractivity contribution in [3.63, 3.8) is 0 Å². The second-order valence-electron chi connectivity index (χ2n) is 6.28. The van der Waals surface area contributed by atoms with Gasteiger partial charge in [0.15, 0.2) is 0 Å². The fraction of sp³-hybridized carbons (Fsp3) is 0.263. The van der Waals surface area contributed by atoms with Crippen LogP contribution in [0.2, 0.25) is 0 Å². The molecule has 1 aliphatic rings. The lowest BCUT2D eigenvalue weighted by Crippen LogP contribution is -2.46. The molecule has 130 valence electrons. The first-order valence-electron chi connectivity index (χ1n) is 8.05. The summed E-state index contributed by atoms with van der Waals surface area (Å²) in [6.07, 6.45) is 2.13. The van der Waals surface area contributed by atoms with Crippen LogP contribution in [0.15, 0.2) is 42.5 Å². The molecule has 1 aliphatic carbocycles. The standard InChI is InChI=1S/C19H18F2N2O2/c1-12(24)22-17-11-15(6-7-16(17)21)23-18(25)19(8-3-9-19)13-4-2-5-14(20)10-13/h2,4-7,10-11H,3,8-9H2,1H3,(H,22,24)(H,23,25). The Morgan fingerprint density at radius 3 is 2.40 bits per heavy atom. The molecule has 1 fully saturated rings. The maximum Gasteiger partial charge on any atom is 0.235 e. The molecule has 2 aromatic rings. The summed E-state index contributed by atoms with van der Waals surface area (Å²) in [6, 6.07) is 10.0. The number of halogens is 2. The van der Waals surface area contributed by atoms with Crippen LogP contribution < -0.4 is 10.6 Å². The molecule has 0 unspecified atom stereocenters. The maximum atomic E-state index is 13.7. The zero-order chi connectivity index (χ0) is 18.0. The molecular weight excluding hydrogens is 326 g/mol. The van der Waals surface area contributed by atoms with Gasteiger partial charge in [-0.2, -0.15) is 0 Å². The summed E-state index contributed by atoms with van der Waals surface area (Å²) < 4.78 is 27.3. The summed E-state index contributed by atoms with van der Waals surface area (Å²) in [4.78, 5) is 24.0. The molecule has 2 aromatic carbocycles. The molecule has 3 rings (SSSR count). The summed E-state index contributed by atoms with van der Waals surface area (Å²) in [5.41, 5.74) is 0.238. The lowest BCUT2D eigenvalue weighted by atomic mass is 9.63. The minimum absolute atomic E-state index is 0.00119. The summed E-state index contributed by atoms with van der Waals surface area (Å²) in [5.74, 6) is -1.63. The van der Waals surface area contributed by atoms with Gasteiger partial charge < -0.3 is 10.6 Å². The molecule has 0 atom stereocenters. The molecule has 6 heteroatoms. The van der Waals surface area contributed by atoms with Crippen molar-refractivity contribution in [1.82, 2.24) is 0 Å². The van der Waals surface area contributed by atoms with Crippen LogP contribution in [0.1, 0.15) is 31.7 Å². The van der Waals surface area contributed by atoms with Crippen LogP contribution in [0.3, 0.4) is 0 Å². The van der Waals surface area contributed by atoms with Crippen molar-refractivity contribution in [3.05, 3.63) is 59.7 Å². The van der Waals surface area contributed by atoms with Crippen LogP contribution in [-0.4, -0.2) is 11.8 Å². The zero-order valence-corrected chi connectivity index (χ0v) is 13.7. The first-order chi connectivity index (χ1) is 11.9. The van der Waals surface area contributed by atoms with E-state index < -0.39 is 17.1 Å². The van der Waals surface area contributed by atoms with Crippen molar-refractivity contribution < 1.29 is 18.4 Å². The monoisotopic (exact) mass is 344 g/mol. The van der Waals surface area contributed by atoms with E-state index >= 15 is 0 Å². The molecule has 0 saturated heterocycles. The average molecular weight is 344 g/mol. The van der Waals surface area contributed by atoms with E-state index in [1.54, 1.807) is 12.1 Å². The van der Waals surface area contributed by atoms with Gasteiger partial charge in [0.2, 0.25) is 11.8 Å². The molecule has 25 heavy (non-hydrogen) atoms. The Kier molecular flexibility index (Phi) is 4.53. The third-order valence-corrected chi connectivity index (χ3v) is 4.55. The highest BCUT2D eigenvalue weighted by molar-refractivity contribution is 6.00. The average Bonchev–Trinajstić information content (AvgIpc) is 2.49. The molecule has 0 aromatic heterocycles. The van der Waals surface area contributed by atoms with Crippen molar-refractivity contribution in [2.24, 2.45) is 0 Å². The summed E-state index contributed by atoms with van der Waals surface area (Å²) in [6.45, 7) is 1.28. The number of amides is 2. The molecule has 0 aliphatic heterocycles. The second kappa shape index (κ2) is 6.63. The first kappa shape index (κ1) is 17.1. The van der Waals surface area contributed by atoms with Gasteiger partial charge in [-0.3, -0.25) is 9.59 Å². The van der Waals surface area contributed by atoms with E-state index in [0.717, 1.165) is 6.42 Å². The molecule has 0 heterocycles. The maximum absolute atomic E-state index is 13.7. The Morgan fingerprint density at radius 2 is 1.80 bits per heavy atom. The summed E-state index contributed by atoms with van der Waals surface area (Å²) in [5, 5.41) is 5.14. The largest absolute Gasteiger partial charge is 0.325 e. The highest BCUT2D eigenvalue weighted by Crippen LogP contribution is 2.44. The van der Waals surface area contributed by atoms with Crippen LogP contribution in [-0.2, 0) is 15.0 Å². The van der Waals surface area contributed by atoms with E-state index in [1.165, 1.54) is 37.3 Å². The molecule has 1 saturated carbocycles. The minimum Gasteiger partial charge on any atom is -0.325 e. The van der Waals surface area contributed by atoms with E-state index in [2.05, 4.69) is 10.6 Å². The Hall–Kier alpha value is -2.76. The number of carbonyl (C=O) groups is 2. The molecule has 2 N–H and O–H groups in total. The highest BCUT2D eigenvalue weighted by Gasteiger charge is 2.45. The van der Waals surface area contributed by atoms with Gasteiger partial charge in [-0.25, -0.2) is 8.78 Å². The van der Waals surface area contributed by atoms with Crippen molar-refractivity contribution >= 4 is 23.2 Å². The lowest BCUT2D eigenvalue weighted by Gasteiger charge is -2.40. The van der Waals surface area contributed by atoms with Crippen molar-refractivity contribution in [2.45, 2.75) is 31.6 Å². The van der Waals surface area contributed by atoms with Crippen molar-refractivity contribution in [2.75, 3.05) is 10.6 Å². The van der Waals surface area contributed by atoms with Gasteiger partial charge in [0, 0.05) is 12.6 Å². The van der Waals surface area contributed by atoms with E-state index in [0.29, 0.717) is 24.1 Å². The Balaban J connectivity index is 1.85. The third kappa shape index (κ3) is 3.38. The normalized spacial score (nSPS) is 15.2. The van der Waals surface area contributed by atoms with E-state index in [4.69, 9.17) is 0 Å². The number of hydrogen-bond acceptors (Lipinski definition) is 2. The lowest BCUT2D eigenvalue weighted by molar-refractivity contribution is -0.124. The van der Waals surface area contributed by atoms with Crippen LogP contribution >= 0.6 is 0 Å². The topological polar surface area (TPSA) is 58.2 Å². The molecule has 2 amide bonds. The second-order valence-corrected chi connectivity index (χ2v) is 6.28. The number of anilines is 2. The van der Waals surface area contributed by atoms with Gasteiger partial charge in [-0.05, 0) is 48.7 Å². The van der Waals surface area contributed by atoms with Gasteiger partial charge in [-0.15, -0.1) is 0 Å². The fourth-order valence-electron chi connectivity index (χ4n) is 3.10. The fourth-order valence-corrected chi connectivity index (χ4v) is 3.10. The number of benzene rings is 2. The van der Waals surface area contributed by atoms with Gasteiger partial charge >= 0.3 is 0 Å². The number of nitrogens with one attached hydrogen (secondary N) is 2. The van der Waals surface area contributed by atoms with Crippen LogP contribution in [0.25, 0.3) is 0 Å². The summed E-state index contributed by atoms with van der Waals surface area (Å²) >= 11 is 0. The predicted octanol–water partition coefficient (Wildman–Crippen LogP) is 3.98. The van der Waals surface area contributed by atoms with Crippen molar-refractivity contribution in [3.8, 4) is 0 Å². The van der Waals surface area contributed by atoms with Crippen molar-refractivity contribution in [1.29, 1.82) is 0 Å². The number of carbonyl (C=O) groups excluding carboxylic acids is 2. The smallest absolute Gasteiger partial charge is 0.235 e. The molecule has 4 nitrogen and oxygen atoms in total. The van der Waals surface area contributed by atoms with E-state index in [1.807, 2.05) is 0 Å². The Labute approximate surface area is 144 Å². The van der Waals surface area contributed by atoms with Crippen LogP contribution in [0.4, 0.5) is 20.2 Å². The molecule has 0 radical (unpaired) electrons. The minimum atomic E-state index is -0.773. The van der Waals surface area contributed by atoms with Gasteiger partial charge in [0.1, 0.15) is 11.6 Å². The predicted molar refractivity (Wildman–Crippen MR) is 91.3 cm³/mol. The SMILES string of the molecule is CC(=O)Nc1cc(NC(=O)C2(c3cccc(F)c3)CCC2)ccc1F. The van der Waals surface area contributed by atoms with Gasteiger partial charge in [0.25, 0.3) is 0 Å². The summed E-state index contributed by atoms with van der Waals surface area (Å²) in [7, 11) is 0. The van der Waals surface area contributed by atoms with Gasteiger partial charge in [0.05, 0.1) is 11.1 Å². The van der Waals surface area contributed by atoms with E-state index in [9.17, 15) is 18.4 Å². The van der Waals surface area contributed by atoms with Crippen LogP contribution in [0.5, 0.6) is 0 Å². The zero-order valence-electron chi connectivity index (χ0n) is 13.7. The van der Waals surface area contributed by atoms with Gasteiger partial charge in [-0.1, -0.05) is 18.6 Å². The van der Waals surface area contributed by atoms with E-state index in [-0.39, 0.29) is 17.4 Å². The Bertz CT molecular complexity index is 832. The molecule has 0 bridgehead atoms. The quantitative estimate of drug-likeness (QED) is 0.881. The molecular formula is C19H18F2N2O2. The third-order valence-electron chi connectivity index (χ3n) is 4.55. The van der Waals surface area contributed by atoms with Crippen LogP contribution in [0, 0.1) is 11.6 Å². The molecule has 0 spiro atoms. The first-order valence-corrected chi connectivity index (χ1v) is 8.05.